The van der Waals surface area contributed by atoms with E-state index in [2.05, 4.69) is 10.6 Å². The van der Waals surface area contributed by atoms with Gasteiger partial charge >= 0.3 is 0 Å². The van der Waals surface area contributed by atoms with Crippen molar-refractivity contribution in [2.45, 2.75) is 13.8 Å². The van der Waals surface area contributed by atoms with E-state index < -0.39 is 0 Å². The van der Waals surface area contributed by atoms with Crippen molar-refractivity contribution in [3.63, 3.8) is 0 Å². The van der Waals surface area contributed by atoms with Crippen molar-refractivity contribution in [3.05, 3.63) is 75.5 Å². The Morgan fingerprint density at radius 3 is 2.30 bits per heavy atom. The molecule has 0 aliphatic rings. The molecule has 6 heteroatoms. The SMILES string of the molecule is COc1cc(NC(=O)c2cc(C)cc(C)c2)ccc1NC(=O)c1cccs1. The monoisotopic (exact) mass is 380 g/mol. The average Bonchev–Trinajstić information content (AvgIpc) is 3.17. The Labute approximate surface area is 162 Å². The largest absolute Gasteiger partial charge is 0.494 e. The van der Waals surface area contributed by atoms with E-state index in [4.69, 9.17) is 4.74 Å². The first-order chi connectivity index (χ1) is 13.0. The highest BCUT2D eigenvalue weighted by atomic mass is 32.1. The van der Waals surface area contributed by atoms with Crippen LogP contribution in [0.4, 0.5) is 11.4 Å². The van der Waals surface area contributed by atoms with Gasteiger partial charge in [-0.2, -0.15) is 0 Å². The van der Waals surface area contributed by atoms with Crippen LogP contribution in [0.5, 0.6) is 5.75 Å². The number of ether oxygens (including phenoxy) is 1. The summed E-state index contributed by atoms with van der Waals surface area (Å²) in [6, 6.07) is 14.4. The molecule has 0 atom stereocenters. The third-order valence-electron chi connectivity index (χ3n) is 3.94. The quantitative estimate of drug-likeness (QED) is 0.663. The predicted molar refractivity (Wildman–Crippen MR) is 109 cm³/mol. The zero-order valence-corrected chi connectivity index (χ0v) is 16.1. The molecule has 2 amide bonds. The Hall–Kier alpha value is -3.12. The van der Waals surface area contributed by atoms with Crippen molar-refractivity contribution in [1.82, 2.24) is 0 Å². The van der Waals surface area contributed by atoms with E-state index in [1.54, 1.807) is 24.3 Å². The number of benzene rings is 2. The number of carbonyl (C=O) groups excluding carboxylic acids is 2. The first kappa shape index (κ1) is 18.7. The first-order valence-electron chi connectivity index (χ1n) is 8.39. The fourth-order valence-corrected chi connectivity index (χ4v) is 3.39. The van der Waals surface area contributed by atoms with Gasteiger partial charge in [0.1, 0.15) is 5.75 Å². The molecule has 5 nitrogen and oxygen atoms in total. The average molecular weight is 380 g/mol. The Morgan fingerprint density at radius 1 is 0.926 bits per heavy atom. The lowest BCUT2D eigenvalue weighted by Crippen LogP contribution is -2.14. The molecule has 3 aromatic rings. The summed E-state index contributed by atoms with van der Waals surface area (Å²) < 4.78 is 5.37. The smallest absolute Gasteiger partial charge is 0.265 e. The Balaban J connectivity index is 1.77. The maximum Gasteiger partial charge on any atom is 0.265 e. The van der Waals surface area contributed by atoms with Crippen molar-refractivity contribution in [3.8, 4) is 5.75 Å². The van der Waals surface area contributed by atoms with Crippen LogP contribution in [0, 0.1) is 13.8 Å². The molecule has 0 fully saturated rings. The van der Waals surface area contributed by atoms with Gasteiger partial charge in [-0.05, 0) is 49.6 Å². The Kier molecular flexibility index (Phi) is 5.57. The third kappa shape index (κ3) is 4.54. The Morgan fingerprint density at radius 2 is 1.67 bits per heavy atom. The summed E-state index contributed by atoms with van der Waals surface area (Å²) in [5.74, 6) is 0.0766. The summed E-state index contributed by atoms with van der Waals surface area (Å²) in [6.07, 6.45) is 0. The lowest BCUT2D eigenvalue weighted by molar-refractivity contribution is 0.101. The molecule has 27 heavy (non-hydrogen) atoms. The van der Waals surface area contributed by atoms with Crippen molar-refractivity contribution in [2.75, 3.05) is 17.7 Å². The normalized spacial score (nSPS) is 10.3. The number of nitrogens with one attached hydrogen (secondary N) is 2. The van der Waals surface area contributed by atoms with Gasteiger partial charge in [-0.15, -0.1) is 11.3 Å². The van der Waals surface area contributed by atoms with E-state index in [0.717, 1.165) is 11.1 Å². The van der Waals surface area contributed by atoms with Crippen molar-refractivity contribution < 1.29 is 14.3 Å². The molecule has 1 heterocycles. The lowest BCUT2D eigenvalue weighted by atomic mass is 10.1. The minimum atomic E-state index is -0.199. The van der Waals surface area contributed by atoms with E-state index in [1.165, 1.54) is 18.4 Å². The molecule has 0 unspecified atom stereocenters. The summed E-state index contributed by atoms with van der Waals surface area (Å²) in [4.78, 5) is 25.4. The zero-order valence-electron chi connectivity index (χ0n) is 15.3. The molecule has 2 N–H and O–H groups in total. The van der Waals surface area contributed by atoms with Gasteiger partial charge < -0.3 is 15.4 Å². The number of carbonyl (C=O) groups is 2. The molecule has 0 saturated carbocycles. The van der Waals surface area contributed by atoms with Crippen LogP contribution in [0.2, 0.25) is 0 Å². The van der Waals surface area contributed by atoms with Crippen LogP contribution in [0.25, 0.3) is 0 Å². The molecule has 0 bridgehead atoms. The molecule has 2 aromatic carbocycles. The molecular weight excluding hydrogens is 360 g/mol. The number of anilines is 2. The summed E-state index contributed by atoms with van der Waals surface area (Å²) in [6.45, 7) is 3.91. The summed E-state index contributed by atoms with van der Waals surface area (Å²) in [7, 11) is 1.52. The van der Waals surface area contributed by atoms with Crippen molar-refractivity contribution >= 4 is 34.5 Å². The number of amides is 2. The van der Waals surface area contributed by atoms with E-state index in [9.17, 15) is 9.59 Å². The second kappa shape index (κ2) is 8.05. The standard InChI is InChI=1S/C21H20N2O3S/c1-13-9-14(2)11-15(10-13)20(24)22-16-6-7-17(18(12-16)26-3)23-21(25)19-5-4-8-27-19/h4-12H,1-3H3,(H,22,24)(H,23,25). The van der Waals surface area contributed by atoms with Gasteiger partial charge in [-0.25, -0.2) is 0 Å². The van der Waals surface area contributed by atoms with Crippen LogP contribution < -0.4 is 15.4 Å². The minimum absolute atomic E-state index is 0.195. The number of thiophene rings is 1. The van der Waals surface area contributed by atoms with Crippen molar-refractivity contribution in [1.29, 1.82) is 0 Å². The van der Waals surface area contributed by atoms with Gasteiger partial charge in [-0.3, -0.25) is 9.59 Å². The number of hydrogen-bond acceptors (Lipinski definition) is 4. The molecule has 3 rings (SSSR count). The lowest BCUT2D eigenvalue weighted by Gasteiger charge is -2.13. The number of aryl methyl sites for hydroxylation is 2. The molecule has 0 aliphatic heterocycles. The van der Waals surface area contributed by atoms with E-state index in [1.807, 2.05) is 43.5 Å². The first-order valence-corrected chi connectivity index (χ1v) is 9.27. The summed E-state index contributed by atoms with van der Waals surface area (Å²) in [5, 5.41) is 7.54. The number of hydrogen-bond donors (Lipinski definition) is 2. The van der Waals surface area contributed by atoms with E-state index in [-0.39, 0.29) is 11.8 Å². The van der Waals surface area contributed by atoms with Crippen LogP contribution in [0.3, 0.4) is 0 Å². The van der Waals surface area contributed by atoms with Gasteiger partial charge in [0, 0.05) is 17.3 Å². The topological polar surface area (TPSA) is 67.4 Å². The highest BCUT2D eigenvalue weighted by Gasteiger charge is 2.13. The third-order valence-corrected chi connectivity index (χ3v) is 4.81. The van der Waals surface area contributed by atoms with Gasteiger partial charge in [-0.1, -0.05) is 23.3 Å². The fourth-order valence-electron chi connectivity index (χ4n) is 2.77. The van der Waals surface area contributed by atoms with Crippen LogP contribution in [0.1, 0.15) is 31.2 Å². The van der Waals surface area contributed by atoms with Crippen LogP contribution >= 0.6 is 11.3 Å². The maximum atomic E-state index is 12.5. The molecule has 0 spiro atoms. The number of methoxy groups -OCH3 is 1. The van der Waals surface area contributed by atoms with Gasteiger partial charge in [0.25, 0.3) is 11.8 Å². The van der Waals surface area contributed by atoms with Crippen LogP contribution in [-0.2, 0) is 0 Å². The molecule has 1 aromatic heterocycles. The summed E-state index contributed by atoms with van der Waals surface area (Å²) >= 11 is 1.37. The van der Waals surface area contributed by atoms with Gasteiger partial charge in [0.2, 0.25) is 0 Å². The molecule has 0 aliphatic carbocycles. The fraction of sp³-hybridized carbons (Fsp3) is 0.143. The maximum absolute atomic E-state index is 12.5. The number of rotatable bonds is 5. The van der Waals surface area contributed by atoms with E-state index >= 15 is 0 Å². The van der Waals surface area contributed by atoms with Crippen molar-refractivity contribution in [2.24, 2.45) is 0 Å². The second-order valence-electron chi connectivity index (χ2n) is 6.18. The molecular formula is C21H20N2O3S. The molecule has 0 saturated heterocycles. The van der Waals surface area contributed by atoms with E-state index in [0.29, 0.717) is 27.6 Å². The van der Waals surface area contributed by atoms with Crippen LogP contribution in [-0.4, -0.2) is 18.9 Å². The molecule has 138 valence electrons. The molecule has 0 radical (unpaired) electrons. The van der Waals surface area contributed by atoms with Crippen LogP contribution in [0.15, 0.2) is 53.9 Å². The minimum Gasteiger partial charge on any atom is -0.494 e. The van der Waals surface area contributed by atoms with Gasteiger partial charge in [0.15, 0.2) is 0 Å². The van der Waals surface area contributed by atoms with Gasteiger partial charge in [0.05, 0.1) is 17.7 Å². The second-order valence-corrected chi connectivity index (χ2v) is 7.12. The predicted octanol–water partition coefficient (Wildman–Crippen LogP) is 4.88. The summed E-state index contributed by atoms with van der Waals surface area (Å²) in [5.41, 5.74) is 3.79. The highest BCUT2D eigenvalue weighted by Crippen LogP contribution is 2.29. The zero-order chi connectivity index (χ0) is 19.4. The highest BCUT2D eigenvalue weighted by molar-refractivity contribution is 7.12. The Bertz CT molecular complexity index is 961.